The molecule has 3 aromatic rings. The summed E-state index contributed by atoms with van der Waals surface area (Å²) in [7, 11) is -8.59. The van der Waals surface area contributed by atoms with Gasteiger partial charge in [-0.2, -0.15) is 12.4 Å². The summed E-state index contributed by atoms with van der Waals surface area (Å²) in [5.41, 5.74) is 0.662. The van der Waals surface area contributed by atoms with Crippen LogP contribution in [0.5, 0.6) is 0 Å². The van der Waals surface area contributed by atoms with Crippen LogP contribution in [0.15, 0.2) is 91.0 Å². The smallest absolute Gasteiger partial charge is 0.354 e. The maximum Gasteiger partial charge on any atom is 0.484 e. The van der Waals surface area contributed by atoms with Crippen molar-refractivity contribution in [1.29, 1.82) is 0 Å². The van der Waals surface area contributed by atoms with Crippen LogP contribution in [0.2, 0.25) is 0 Å². The zero-order valence-corrected chi connectivity index (χ0v) is 20.2. The van der Waals surface area contributed by atoms with E-state index >= 15 is 0 Å². The third kappa shape index (κ3) is 5.30. The highest BCUT2D eigenvalue weighted by atomic mass is 32.2. The summed E-state index contributed by atoms with van der Waals surface area (Å²) in [6, 6.07) is 27.3. The van der Waals surface area contributed by atoms with Crippen molar-refractivity contribution in [2.24, 2.45) is 0 Å². The lowest BCUT2D eigenvalue weighted by Gasteiger charge is -2.39. The molecule has 182 valence electrons. The molecular weight excluding hydrogens is 483 g/mol. The van der Waals surface area contributed by atoms with E-state index in [1.165, 1.54) is 0 Å². The summed E-state index contributed by atoms with van der Waals surface area (Å²) >= 11 is 0. The molecule has 0 saturated carbocycles. The quantitative estimate of drug-likeness (QED) is 0.228. The van der Waals surface area contributed by atoms with E-state index in [0.717, 1.165) is 14.2 Å². The molecule has 0 atom stereocenters. The van der Waals surface area contributed by atoms with E-state index in [1.807, 2.05) is 91.0 Å². The van der Waals surface area contributed by atoms with E-state index in [9.17, 15) is 13.0 Å². The second-order valence-corrected chi connectivity index (χ2v) is 10.3. The molecule has 0 fully saturated rings. The first-order chi connectivity index (χ1) is 16.1. The molecule has 0 bridgehead atoms. The summed E-state index contributed by atoms with van der Waals surface area (Å²) in [5.74, 6) is 0. The molecule has 9 nitrogen and oxygen atoms in total. The molecule has 0 aliphatic heterocycles. The van der Waals surface area contributed by atoms with Gasteiger partial charge in [0.15, 0.2) is 0 Å². The van der Waals surface area contributed by atoms with Crippen LogP contribution in [-0.2, 0) is 38.5 Å². The van der Waals surface area contributed by atoms with E-state index in [2.05, 4.69) is 3.97 Å². The monoisotopic (exact) mass is 508 g/mol. The summed E-state index contributed by atoms with van der Waals surface area (Å²) in [5, 5.41) is -2.68. The molecule has 3 rings (SSSR count). The second-order valence-electron chi connectivity index (χ2n) is 7.18. The predicted molar refractivity (Wildman–Crippen MR) is 124 cm³/mol. The Hall–Kier alpha value is -2.40. The highest BCUT2D eigenvalue weighted by Crippen LogP contribution is 2.45. The van der Waals surface area contributed by atoms with Crippen LogP contribution >= 0.6 is 7.82 Å². The minimum atomic E-state index is -5.45. The minimum absolute atomic E-state index is 0.668. The van der Waals surface area contributed by atoms with Gasteiger partial charge in [-0.25, -0.2) is 4.57 Å². The molecule has 3 aromatic carbocycles. The van der Waals surface area contributed by atoms with Gasteiger partial charge in [-0.1, -0.05) is 91.0 Å². The largest absolute Gasteiger partial charge is 0.484 e. The number of methoxy groups -OCH3 is 2. The molecule has 0 aliphatic carbocycles. The van der Waals surface area contributed by atoms with Gasteiger partial charge in [-0.05, 0) is 16.7 Å². The lowest BCUT2D eigenvalue weighted by molar-refractivity contribution is -0.195. The van der Waals surface area contributed by atoms with Crippen LogP contribution in [0, 0.1) is 0 Å². The lowest BCUT2D eigenvalue weighted by atomic mass is 9.80. The first-order valence-electron chi connectivity index (χ1n) is 10.0. The Morgan fingerprint density at radius 1 is 0.735 bits per heavy atom. The zero-order valence-electron chi connectivity index (χ0n) is 18.5. The fraction of sp³-hybridized carbons (Fsp3) is 0.217. The lowest BCUT2D eigenvalue weighted by Crippen LogP contribution is -2.50. The van der Waals surface area contributed by atoms with Gasteiger partial charge in [0.1, 0.15) is 12.2 Å². The molecule has 2 N–H and O–H groups in total. The summed E-state index contributed by atoms with van der Waals surface area (Å²) in [6.07, 6.45) is 0. The molecule has 0 radical (unpaired) electrons. The Kier molecular flexibility index (Phi) is 8.07. The maximum atomic E-state index is 12.8. The number of phosphoric acid groups is 1. The van der Waals surface area contributed by atoms with Crippen molar-refractivity contribution in [2.45, 2.75) is 10.7 Å². The Balaban J connectivity index is 2.21. The molecule has 0 heterocycles. The number of hydrogen-bond donors (Lipinski definition) is 2. The Labute approximate surface area is 198 Å². The Morgan fingerprint density at radius 2 is 1.09 bits per heavy atom. The van der Waals surface area contributed by atoms with Crippen molar-refractivity contribution >= 4 is 17.9 Å². The fourth-order valence-electron chi connectivity index (χ4n) is 3.63. The van der Waals surface area contributed by atoms with Crippen molar-refractivity contribution < 1.29 is 41.0 Å². The molecule has 0 spiro atoms. The van der Waals surface area contributed by atoms with E-state index < -0.39 is 35.3 Å². The van der Waals surface area contributed by atoms with Crippen LogP contribution in [0.4, 0.5) is 0 Å². The highest BCUT2D eigenvalue weighted by Gasteiger charge is 2.52. The first-order valence-corrected chi connectivity index (χ1v) is 13.0. The first kappa shape index (κ1) is 26.2. The average Bonchev–Trinajstić information content (AvgIpc) is 2.82. The third-order valence-electron chi connectivity index (χ3n) is 5.20. The molecule has 0 aliphatic rings. The van der Waals surface area contributed by atoms with Crippen LogP contribution in [0.1, 0.15) is 16.7 Å². The number of benzene rings is 3. The molecular formula is C23H25O9PS. The molecule has 11 heteroatoms. The highest BCUT2D eigenvalue weighted by molar-refractivity contribution is 7.91. The standard InChI is InChI=1S/C23H25O9PS/c1-29-22(30-2,34(27,28)32-33(24,25)26)18-31-23(19-12-6-3-7-13-19,20-14-8-4-9-15-20)21-16-10-5-11-17-21/h3-17H,18H2,1-2H3,(H2,24,25,26). The van der Waals surface area contributed by atoms with Gasteiger partial charge in [0.05, 0.1) is 0 Å². The van der Waals surface area contributed by atoms with Crippen molar-refractivity contribution in [1.82, 2.24) is 0 Å². The Bertz CT molecular complexity index is 1110. The molecule has 0 unspecified atom stereocenters. The number of rotatable bonds is 11. The van der Waals surface area contributed by atoms with Crippen LogP contribution in [0.3, 0.4) is 0 Å². The van der Waals surface area contributed by atoms with Gasteiger partial charge < -0.3 is 24.0 Å². The second kappa shape index (κ2) is 10.5. The molecule has 0 amide bonds. The normalized spacial score (nSPS) is 13.1. The van der Waals surface area contributed by atoms with E-state index in [1.54, 1.807) is 0 Å². The average molecular weight is 508 g/mol. The molecule has 0 saturated heterocycles. The van der Waals surface area contributed by atoms with Gasteiger partial charge in [0.2, 0.25) is 0 Å². The molecule has 34 heavy (non-hydrogen) atoms. The van der Waals surface area contributed by atoms with E-state index in [0.29, 0.717) is 16.7 Å². The van der Waals surface area contributed by atoms with E-state index in [-0.39, 0.29) is 0 Å². The number of hydrogen-bond acceptors (Lipinski definition) is 7. The zero-order chi connectivity index (χ0) is 24.9. The topological polar surface area (TPSA) is 129 Å². The predicted octanol–water partition coefficient (Wildman–Crippen LogP) is 3.38. The van der Waals surface area contributed by atoms with Gasteiger partial charge in [0, 0.05) is 14.2 Å². The van der Waals surface area contributed by atoms with Crippen molar-refractivity contribution in [3.05, 3.63) is 108 Å². The minimum Gasteiger partial charge on any atom is -0.354 e. The van der Waals surface area contributed by atoms with Crippen molar-refractivity contribution in [3.63, 3.8) is 0 Å². The van der Waals surface area contributed by atoms with Gasteiger partial charge in [0.25, 0.3) is 0 Å². The third-order valence-corrected chi connectivity index (χ3v) is 7.98. The maximum absolute atomic E-state index is 12.8. The van der Waals surface area contributed by atoms with Crippen LogP contribution in [-0.4, -0.2) is 44.2 Å². The van der Waals surface area contributed by atoms with Crippen LogP contribution < -0.4 is 0 Å². The van der Waals surface area contributed by atoms with Crippen molar-refractivity contribution in [3.8, 4) is 0 Å². The summed E-state index contributed by atoms with van der Waals surface area (Å²) < 4.78 is 57.6. The fourth-order valence-corrected chi connectivity index (χ4v) is 5.72. The molecule has 0 aromatic heterocycles. The SMILES string of the molecule is COC(COC(c1ccccc1)(c1ccccc1)c1ccccc1)(OC)S(=O)(=O)OP(=O)(O)O. The number of ether oxygens (including phenoxy) is 3. The van der Waals surface area contributed by atoms with E-state index in [4.69, 9.17) is 24.0 Å². The Morgan fingerprint density at radius 3 is 1.38 bits per heavy atom. The van der Waals surface area contributed by atoms with Crippen LogP contribution in [0.25, 0.3) is 0 Å². The summed E-state index contributed by atoms with van der Waals surface area (Å²) in [4.78, 5) is 18.3. The van der Waals surface area contributed by atoms with Crippen molar-refractivity contribution in [2.75, 3.05) is 20.8 Å². The summed E-state index contributed by atoms with van der Waals surface area (Å²) in [6.45, 7) is -0.805. The van der Waals surface area contributed by atoms with Gasteiger partial charge in [-0.3, -0.25) is 0 Å². The van der Waals surface area contributed by atoms with Gasteiger partial charge in [-0.15, -0.1) is 0 Å². The van der Waals surface area contributed by atoms with Gasteiger partial charge >= 0.3 is 23.1 Å².